The molecule has 0 fully saturated rings. The number of guanidine groups is 1. The number of nitrogens with one attached hydrogen (secondary N) is 2. The van der Waals surface area contributed by atoms with Crippen LogP contribution in [-0.4, -0.2) is 71.1 Å². The average Bonchev–Trinajstić information content (AvgIpc) is 2.68. The smallest absolute Gasteiger partial charge is 0.191 e. The van der Waals surface area contributed by atoms with Crippen LogP contribution in [0.15, 0.2) is 29.3 Å². The number of sulfone groups is 1. The van der Waals surface area contributed by atoms with Crippen molar-refractivity contribution in [3.8, 4) is 5.75 Å². The SMILES string of the molecule is CCN(CC)C(CNC(=NC)NC(C)CCS(C)(=O)=O)c1cccc(OC)c1.I. The van der Waals surface area contributed by atoms with Crippen molar-refractivity contribution in [2.24, 2.45) is 4.99 Å². The summed E-state index contributed by atoms with van der Waals surface area (Å²) in [5.74, 6) is 1.66. The number of halogens is 1. The second-order valence-corrected chi connectivity index (χ2v) is 9.19. The second-order valence-electron chi connectivity index (χ2n) is 6.93. The lowest BCUT2D eigenvalue weighted by Crippen LogP contribution is -2.46. The minimum atomic E-state index is -2.97. The van der Waals surface area contributed by atoms with Gasteiger partial charge in [0.15, 0.2) is 5.96 Å². The molecule has 0 heterocycles. The molecule has 1 aromatic rings. The molecule has 0 saturated heterocycles. The molecule has 1 aromatic carbocycles. The number of benzene rings is 1. The van der Waals surface area contributed by atoms with Crippen LogP contribution in [0.25, 0.3) is 0 Å². The number of hydrogen-bond donors (Lipinski definition) is 2. The minimum Gasteiger partial charge on any atom is -0.497 e. The molecule has 29 heavy (non-hydrogen) atoms. The fourth-order valence-corrected chi connectivity index (χ4v) is 3.84. The number of nitrogens with zero attached hydrogens (tertiary/aromatic N) is 2. The molecule has 0 aliphatic rings. The Labute approximate surface area is 193 Å². The van der Waals surface area contributed by atoms with Gasteiger partial charge in [-0.2, -0.15) is 0 Å². The summed E-state index contributed by atoms with van der Waals surface area (Å²) in [6.07, 6.45) is 1.80. The zero-order valence-corrected chi connectivity index (χ0v) is 21.6. The molecular weight excluding hydrogens is 503 g/mol. The van der Waals surface area contributed by atoms with E-state index in [4.69, 9.17) is 4.74 Å². The highest BCUT2D eigenvalue weighted by atomic mass is 127. The summed E-state index contributed by atoms with van der Waals surface area (Å²) >= 11 is 0. The standard InChI is InChI=1S/C20H36N4O3S.HI/c1-7-24(8-2)19(17-10-9-11-18(14-17)27-5)15-22-20(21-4)23-16(3)12-13-28(6,25)26;/h9-11,14,16,19H,7-8,12-13,15H2,1-6H3,(H2,21,22,23);1H. The van der Waals surface area contributed by atoms with Crippen molar-refractivity contribution < 1.29 is 13.2 Å². The van der Waals surface area contributed by atoms with Gasteiger partial charge in [0.1, 0.15) is 15.6 Å². The highest BCUT2D eigenvalue weighted by molar-refractivity contribution is 14.0. The quantitative estimate of drug-likeness (QED) is 0.255. The van der Waals surface area contributed by atoms with Crippen LogP contribution in [0.5, 0.6) is 5.75 Å². The van der Waals surface area contributed by atoms with Gasteiger partial charge in [0.25, 0.3) is 0 Å². The van der Waals surface area contributed by atoms with E-state index in [1.165, 1.54) is 11.8 Å². The van der Waals surface area contributed by atoms with E-state index >= 15 is 0 Å². The predicted octanol–water partition coefficient (Wildman–Crippen LogP) is 2.68. The maximum atomic E-state index is 11.4. The molecule has 168 valence electrons. The number of ether oxygens (including phenoxy) is 1. The third-order valence-electron chi connectivity index (χ3n) is 4.72. The van der Waals surface area contributed by atoms with Crippen molar-refractivity contribution in [3.63, 3.8) is 0 Å². The first-order valence-electron chi connectivity index (χ1n) is 9.76. The summed E-state index contributed by atoms with van der Waals surface area (Å²) in [5.41, 5.74) is 1.18. The minimum absolute atomic E-state index is 0. The van der Waals surface area contributed by atoms with Gasteiger partial charge in [0, 0.05) is 25.9 Å². The second kappa shape index (κ2) is 14.0. The monoisotopic (exact) mass is 540 g/mol. The fraction of sp³-hybridized carbons (Fsp3) is 0.650. The van der Waals surface area contributed by atoms with Gasteiger partial charge in [0.05, 0.1) is 18.9 Å². The van der Waals surface area contributed by atoms with Crippen molar-refractivity contribution in [3.05, 3.63) is 29.8 Å². The van der Waals surface area contributed by atoms with Crippen LogP contribution < -0.4 is 15.4 Å². The lowest BCUT2D eigenvalue weighted by Gasteiger charge is -2.31. The lowest BCUT2D eigenvalue weighted by molar-refractivity contribution is 0.218. The molecule has 1 rings (SSSR count). The van der Waals surface area contributed by atoms with Gasteiger partial charge in [-0.05, 0) is 44.1 Å². The van der Waals surface area contributed by atoms with E-state index in [1.807, 2.05) is 19.1 Å². The van der Waals surface area contributed by atoms with Crippen LogP contribution in [0.1, 0.15) is 38.8 Å². The fourth-order valence-electron chi connectivity index (χ4n) is 3.06. The summed E-state index contributed by atoms with van der Waals surface area (Å²) in [5, 5.41) is 6.66. The van der Waals surface area contributed by atoms with Crippen molar-refractivity contribution >= 4 is 39.8 Å². The predicted molar refractivity (Wildman–Crippen MR) is 132 cm³/mol. The van der Waals surface area contributed by atoms with Crippen LogP contribution in [0.3, 0.4) is 0 Å². The highest BCUT2D eigenvalue weighted by Gasteiger charge is 2.19. The summed E-state index contributed by atoms with van der Waals surface area (Å²) in [6.45, 7) is 8.79. The van der Waals surface area contributed by atoms with Crippen LogP contribution in [0.4, 0.5) is 0 Å². The number of aliphatic imine (C=N–C) groups is 1. The zero-order chi connectivity index (χ0) is 21.2. The number of methoxy groups -OCH3 is 1. The highest BCUT2D eigenvalue weighted by Crippen LogP contribution is 2.23. The average molecular weight is 541 g/mol. The molecular formula is C20H37IN4O3S. The summed E-state index contributed by atoms with van der Waals surface area (Å²) in [7, 11) is 0.426. The molecule has 0 amide bonds. The molecule has 0 spiro atoms. The van der Waals surface area contributed by atoms with Crippen molar-refractivity contribution in [1.82, 2.24) is 15.5 Å². The largest absolute Gasteiger partial charge is 0.497 e. The first-order chi connectivity index (χ1) is 13.2. The molecule has 0 radical (unpaired) electrons. The Balaban J connectivity index is 0.00000784. The molecule has 0 saturated carbocycles. The zero-order valence-electron chi connectivity index (χ0n) is 18.4. The van der Waals surface area contributed by atoms with Gasteiger partial charge in [-0.1, -0.05) is 26.0 Å². The normalized spacial score (nSPS) is 14.1. The van der Waals surface area contributed by atoms with E-state index in [0.717, 1.165) is 18.8 Å². The first-order valence-corrected chi connectivity index (χ1v) is 11.8. The van der Waals surface area contributed by atoms with E-state index in [9.17, 15) is 8.42 Å². The molecule has 0 bridgehead atoms. The van der Waals surface area contributed by atoms with Gasteiger partial charge in [-0.15, -0.1) is 24.0 Å². The third-order valence-corrected chi connectivity index (χ3v) is 5.70. The third kappa shape index (κ3) is 10.5. The molecule has 2 N–H and O–H groups in total. The van der Waals surface area contributed by atoms with E-state index in [1.54, 1.807) is 14.2 Å². The number of likely N-dealkylation sites (N-methyl/N-ethyl adjacent to an activating group) is 1. The molecule has 0 aliphatic heterocycles. The van der Waals surface area contributed by atoms with Crippen molar-refractivity contribution in [2.75, 3.05) is 45.8 Å². The van der Waals surface area contributed by atoms with Gasteiger partial charge in [-0.25, -0.2) is 8.42 Å². The Morgan fingerprint density at radius 1 is 1.28 bits per heavy atom. The van der Waals surface area contributed by atoms with Crippen molar-refractivity contribution in [2.45, 2.75) is 39.3 Å². The van der Waals surface area contributed by atoms with Gasteiger partial charge >= 0.3 is 0 Å². The van der Waals surface area contributed by atoms with Gasteiger partial charge in [-0.3, -0.25) is 9.89 Å². The lowest BCUT2D eigenvalue weighted by atomic mass is 10.0. The van der Waals surface area contributed by atoms with Crippen molar-refractivity contribution in [1.29, 1.82) is 0 Å². The Morgan fingerprint density at radius 2 is 1.93 bits per heavy atom. The Morgan fingerprint density at radius 3 is 2.45 bits per heavy atom. The molecule has 0 aliphatic carbocycles. The number of hydrogen-bond acceptors (Lipinski definition) is 5. The van der Waals surface area contributed by atoms with E-state index < -0.39 is 9.84 Å². The molecule has 2 unspecified atom stereocenters. The maximum Gasteiger partial charge on any atom is 0.191 e. The van der Waals surface area contributed by atoms with Crippen LogP contribution in [0, 0.1) is 0 Å². The van der Waals surface area contributed by atoms with Crippen LogP contribution in [0.2, 0.25) is 0 Å². The molecule has 0 aromatic heterocycles. The molecule has 9 heteroatoms. The number of rotatable bonds is 11. The molecule has 7 nitrogen and oxygen atoms in total. The Bertz CT molecular complexity index is 724. The molecule has 2 atom stereocenters. The summed E-state index contributed by atoms with van der Waals surface area (Å²) in [6, 6.07) is 8.29. The van der Waals surface area contributed by atoms with E-state index in [-0.39, 0.29) is 41.8 Å². The summed E-state index contributed by atoms with van der Waals surface area (Å²) in [4.78, 5) is 6.66. The van der Waals surface area contributed by atoms with E-state index in [0.29, 0.717) is 18.9 Å². The van der Waals surface area contributed by atoms with Gasteiger partial charge in [0.2, 0.25) is 0 Å². The Hall–Kier alpha value is -1.07. The van der Waals surface area contributed by atoms with Gasteiger partial charge < -0.3 is 15.4 Å². The van der Waals surface area contributed by atoms with E-state index in [2.05, 4.69) is 46.5 Å². The topological polar surface area (TPSA) is 83.0 Å². The summed E-state index contributed by atoms with van der Waals surface area (Å²) < 4.78 is 28.1. The first kappa shape index (κ1) is 27.9. The van der Waals surface area contributed by atoms with Crippen LogP contribution >= 0.6 is 24.0 Å². The maximum absolute atomic E-state index is 11.4. The Kier molecular flexibility index (Phi) is 13.5. The van der Waals surface area contributed by atoms with Crippen LogP contribution in [-0.2, 0) is 9.84 Å².